The second kappa shape index (κ2) is 7.63. The maximum absolute atomic E-state index is 13.6. The fourth-order valence-corrected chi connectivity index (χ4v) is 3.14. The summed E-state index contributed by atoms with van der Waals surface area (Å²) < 4.78 is 18.8. The van der Waals surface area contributed by atoms with Crippen LogP contribution in [0.3, 0.4) is 0 Å². The summed E-state index contributed by atoms with van der Waals surface area (Å²) in [6.45, 7) is 2.25. The average molecular weight is 361 g/mol. The second-order valence-corrected chi connectivity index (χ2v) is 6.46. The Hall–Kier alpha value is -2.77. The van der Waals surface area contributed by atoms with Crippen LogP contribution < -0.4 is 0 Å². The summed E-state index contributed by atoms with van der Waals surface area (Å²) in [5, 5.41) is 12.8. The number of rotatable bonds is 6. The molecule has 26 heavy (non-hydrogen) atoms. The third-order valence-corrected chi connectivity index (χ3v) is 4.56. The van der Waals surface area contributed by atoms with Crippen LogP contribution in [0.15, 0.2) is 22.7 Å². The van der Waals surface area contributed by atoms with E-state index in [1.807, 2.05) is 0 Å². The summed E-state index contributed by atoms with van der Waals surface area (Å²) >= 11 is 0. The number of benzene rings is 1. The first-order chi connectivity index (χ1) is 12.4. The van der Waals surface area contributed by atoms with Crippen molar-refractivity contribution in [3.05, 3.63) is 35.5 Å². The molecule has 2 heterocycles. The molecule has 1 N–H and O–H groups in total. The number of likely N-dealkylation sites (tertiary alicyclic amines) is 1. The van der Waals surface area contributed by atoms with Crippen molar-refractivity contribution in [3.8, 4) is 11.4 Å². The molecular formula is C18H20FN3O4. The molecule has 0 aliphatic carbocycles. The van der Waals surface area contributed by atoms with Crippen LogP contribution in [-0.4, -0.2) is 44.6 Å². The van der Waals surface area contributed by atoms with Crippen molar-refractivity contribution < 1.29 is 23.6 Å². The maximum atomic E-state index is 13.6. The van der Waals surface area contributed by atoms with E-state index in [-0.39, 0.29) is 42.9 Å². The van der Waals surface area contributed by atoms with Gasteiger partial charge in [-0.3, -0.25) is 9.59 Å². The number of carbonyl (C=O) groups is 2. The Morgan fingerprint density at radius 3 is 2.96 bits per heavy atom. The number of aromatic nitrogens is 2. The number of carboxylic acids is 1. The minimum Gasteiger partial charge on any atom is -0.481 e. The van der Waals surface area contributed by atoms with Crippen molar-refractivity contribution in [2.45, 2.75) is 45.1 Å². The van der Waals surface area contributed by atoms with Crippen LogP contribution in [-0.2, 0) is 16.0 Å². The van der Waals surface area contributed by atoms with Gasteiger partial charge in [0.25, 0.3) is 0 Å². The van der Waals surface area contributed by atoms with E-state index in [1.165, 1.54) is 6.07 Å². The zero-order valence-corrected chi connectivity index (χ0v) is 14.4. The molecule has 2 aromatic rings. The van der Waals surface area contributed by atoms with E-state index in [0.29, 0.717) is 30.0 Å². The number of carbonyl (C=O) groups excluding carboxylic acids is 1. The zero-order chi connectivity index (χ0) is 18.7. The SMILES string of the molecule is Cc1ccc(-c2noc(CCC(=O)N3CCCC3CC(=O)O)n2)cc1F. The van der Waals surface area contributed by atoms with E-state index in [1.54, 1.807) is 24.0 Å². The number of hydrogen-bond acceptors (Lipinski definition) is 5. The van der Waals surface area contributed by atoms with Crippen LogP contribution in [0.4, 0.5) is 4.39 Å². The van der Waals surface area contributed by atoms with Gasteiger partial charge >= 0.3 is 5.97 Å². The Morgan fingerprint density at radius 1 is 1.42 bits per heavy atom. The molecule has 1 atom stereocenters. The normalized spacial score (nSPS) is 16.8. The van der Waals surface area contributed by atoms with Crippen LogP contribution in [0, 0.1) is 12.7 Å². The van der Waals surface area contributed by atoms with Crippen molar-refractivity contribution in [3.63, 3.8) is 0 Å². The number of carboxylic acid groups (broad SMARTS) is 1. The topological polar surface area (TPSA) is 96.5 Å². The number of aliphatic carboxylic acids is 1. The molecule has 1 saturated heterocycles. The first-order valence-electron chi connectivity index (χ1n) is 8.54. The molecule has 0 spiro atoms. The lowest BCUT2D eigenvalue weighted by atomic mass is 10.1. The monoisotopic (exact) mass is 361 g/mol. The Labute approximate surface area is 149 Å². The molecule has 0 saturated carbocycles. The lowest BCUT2D eigenvalue weighted by molar-refractivity contribution is -0.139. The van der Waals surface area contributed by atoms with Crippen molar-refractivity contribution >= 4 is 11.9 Å². The molecule has 7 nitrogen and oxygen atoms in total. The van der Waals surface area contributed by atoms with Crippen molar-refractivity contribution in [2.24, 2.45) is 0 Å². The summed E-state index contributed by atoms with van der Waals surface area (Å²) in [6, 6.07) is 4.45. The van der Waals surface area contributed by atoms with Crippen molar-refractivity contribution in [2.75, 3.05) is 6.54 Å². The Kier molecular flexibility index (Phi) is 5.29. The van der Waals surface area contributed by atoms with E-state index < -0.39 is 5.97 Å². The van der Waals surface area contributed by atoms with Gasteiger partial charge in [0.15, 0.2) is 0 Å². The highest BCUT2D eigenvalue weighted by atomic mass is 19.1. The molecule has 8 heteroatoms. The molecule has 0 bridgehead atoms. The van der Waals surface area contributed by atoms with Crippen LogP contribution in [0.1, 0.15) is 37.1 Å². The number of hydrogen-bond donors (Lipinski definition) is 1. The van der Waals surface area contributed by atoms with E-state index in [0.717, 1.165) is 6.42 Å². The lowest BCUT2D eigenvalue weighted by Gasteiger charge is -2.23. The predicted molar refractivity (Wildman–Crippen MR) is 89.7 cm³/mol. The zero-order valence-electron chi connectivity index (χ0n) is 14.4. The van der Waals surface area contributed by atoms with Gasteiger partial charge in [0.2, 0.25) is 17.6 Å². The number of nitrogens with zero attached hydrogens (tertiary/aromatic N) is 3. The van der Waals surface area contributed by atoms with Crippen molar-refractivity contribution in [1.82, 2.24) is 15.0 Å². The fourth-order valence-electron chi connectivity index (χ4n) is 3.14. The highest BCUT2D eigenvalue weighted by Gasteiger charge is 2.30. The van der Waals surface area contributed by atoms with E-state index >= 15 is 0 Å². The second-order valence-electron chi connectivity index (χ2n) is 6.46. The molecule has 1 fully saturated rings. The number of halogens is 1. The minimum atomic E-state index is -0.901. The summed E-state index contributed by atoms with van der Waals surface area (Å²) in [6.07, 6.45) is 1.92. The Morgan fingerprint density at radius 2 is 2.23 bits per heavy atom. The van der Waals surface area contributed by atoms with E-state index in [2.05, 4.69) is 10.1 Å². The molecule has 1 aromatic carbocycles. The summed E-state index contributed by atoms with van der Waals surface area (Å²) in [5.41, 5.74) is 1.04. The van der Waals surface area contributed by atoms with Gasteiger partial charge < -0.3 is 14.5 Å². The molecule has 1 amide bonds. The third kappa shape index (κ3) is 4.07. The molecule has 1 aromatic heterocycles. The third-order valence-electron chi connectivity index (χ3n) is 4.56. The van der Waals surface area contributed by atoms with Gasteiger partial charge in [0.1, 0.15) is 5.82 Å². The molecule has 1 aliphatic heterocycles. The Bertz CT molecular complexity index is 821. The molecule has 0 radical (unpaired) electrons. The van der Waals surface area contributed by atoms with Gasteiger partial charge in [-0.1, -0.05) is 17.3 Å². The van der Waals surface area contributed by atoms with Gasteiger partial charge in [-0.25, -0.2) is 4.39 Å². The van der Waals surface area contributed by atoms with Gasteiger partial charge in [-0.2, -0.15) is 4.98 Å². The largest absolute Gasteiger partial charge is 0.481 e. The van der Waals surface area contributed by atoms with Gasteiger partial charge in [-0.05, 0) is 31.4 Å². The Balaban J connectivity index is 1.60. The van der Waals surface area contributed by atoms with Crippen LogP contribution in [0.25, 0.3) is 11.4 Å². The van der Waals surface area contributed by atoms with Gasteiger partial charge in [0.05, 0.1) is 6.42 Å². The number of amides is 1. The summed E-state index contributed by atoms with van der Waals surface area (Å²) in [4.78, 5) is 29.1. The van der Waals surface area contributed by atoms with Crippen LogP contribution in [0.5, 0.6) is 0 Å². The highest BCUT2D eigenvalue weighted by molar-refractivity contribution is 5.78. The molecular weight excluding hydrogens is 341 g/mol. The summed E-state index contributed by atoms with van der Waals surface area (Å²) in [5.74, 6) is -0.793. The van der Waals surface area contributed by atoms with E-state index in [9.17, 15) is 14.0 Å². The quantitative estimate of drug-likeness (QED) is 0.849. The average Bonchev–Trinajstić information content (AvgIpc) is 3.24. The minimum absolute atomic E-state index is 0.0323. The highest BCUT2D eigenvalue weighted by Crippen LogP contribution is 2.22. The molecule has 1 unspecified atom stereocenters. The fraction of sp³-hybridized carbons (Fsp3) is 0.444. The van der Waals surface area contributed by atoms with Crippen molar-refractivity contribution in [1.29, 1.82) is 0 Å². The van der Waals surface area contributed by atoms with Crippen LogP contribution >= 0.6 is 0 Å². The van der Waals surface area contributed by atoms with Crippen LogP contribution in [0.2, 0.25) is 0 Å². The maximum Gasteiger partial charge on any atom is 0.305 e. The first-order valence-corrected chi connectivity index (χ1v) is 8.54. The van der Waals surface area contributed by atoms with Gasteiger partial charge in [0, 0.05) is 31.0 Å². The molecule has 1 aliphatic rings. The lowest BCUT2D eigenvalue weighted by Crippen LogP contribution is -2.36. The first kappa shape index (κ1) is 18.0. The smallest absolute Gasteiger partial charge is 0.305 e. The molecule has 138 valence electrons. The predicted octanol–water partition coefficient (Wildman–Crippen LogP) is 2.58. The molecule has 3 rings (SSSR count). The van der Waals surface area contributed by atoms with Gasteiger partial charge in [-0.15, -0.1) is 0 Å². The number of aryl methyl sites for hydroxylation is 2. The standard InChI is InChI=1S/C18H20FN3O4/c1-11-4-5-12(9-14(11)19)18-20-15(26-21-18)6-7-16(23)22-8-2-3-13(22)10-17(24)25/h4-5,9,13H,2-3,6-8,10H2,1H3,(H,24,25). The summed E-state index contributed by atoms with van der Waals surface area (Å²) in [7, 11) is 0. The van der Waals surface area contributed by atoms with E-state index in [4.69, 9.17) is 9.63 Å².